The summed E-state index contributed by atoms with van der Waals surface area (Å²) in [6.45, 7) is 1.72. The molecule has 74 valence electrons. The van der Waals surface area contributed by atoms with E-state index in [1.807, 2.05) is 0 Å². The normalized spacial score (nSPS) is 9.50. The number of imidazole rings is 1. The van der Waals surface area contributed by atoms with Gasteiger partial charge in [0.15, 0.2) is 0 Å². The predicted molar refractivity (Wildman–Crippen MR) is 51.9 cm³/mol. The maximum absolute atomic E-state index is 11.5. The fourth-order valence-electron chi connectivity index (χ4n) is 0.904. The number of nitrogens with zero attached hydrogens (tertiary/aromatic N) is 3. The number of hydrogen-bond donors (Lipinski definition) is 2. The molecule has 6 nitrogen and oxygen atoms in total. The Balaban J connectivity index is 2.91. The maximum atomic E-state index is 11.5. The first-order valence-corrected chi connectivity index (χ1v) is 3.87. The number of hydrogen-bond acceptors (Lipinski definition) is 4. The first kappa shape index (κ1) is 10.1. The quantitative estimate of drug-likeness (QED) is 0.273. The van der Waals surface area contributed by atoms with E-state index in [4.69, 9.17) is 18.0 Å². The molecular weight excluding hydrogens is 182 g/mol. The van der Waals surface area contributed by atoms with Crippen LogP contribution >= 0.6 is 0 Å². The van der Waals surface area contributed by atoms with Gasteiger partial charge in [0, 0.05) is 0 Å². The third kappa shape index (κ3) is 1.67. The van der Waals surface area contributed by atoms with Gasteiger partial charge in [0.05, 0.1) is 12.2 Å². The van der Waals surface area contributed by atoms with Gasteiger partial charge in [-0.2, -0.15) is 0 Å². The molecular formula is C8H11N5O. The molecule has 1 rings (SSSR count). The van der Waals surface area contributed by atoms with Crippen LogP contribution in [0.3, 0.4) is 0 Å². The van der Waals surface area contributed by atoms with Crippen LogP contribution in [0.5, 0.6) is 0 Å². The van der Waals surface area contributed by atoms with Gasteiger partial charge in [0.25, 0.3) is 0 Å². The SMILES string of the molecule is C#CCN(N)C(=O)n1cnc(C)c1N. The number of nitrogen functional groups attached to an aromatic ring is 1. The Morgan fingerprint density at radius 3 is 2.93 bits per heavy atom. The molecule has 1 heterocycles. The molecule has 0 unspecified atom stereocenters. The van der Waals surface area contributed by atoms with Crippen molar-refractivity contribution in [3.8, 4) is 12.3 Å². The van der Waals surface area contributed by atoms with E-state index in [-0.39, 0.29) is 12.4 Å². The van der Waals surface area contributed by atoms with E-state index in [9.17, 15) is 4.79 Å². The number of carbonyl (C=O) groups excluding carboxylic acids is 1. The highest BCUT2D eigenvalue weighted by Crippen LogP contribution is 2.08. The summed E-state index contributed by atoms with van der Waals surface area (Å²) in [7, 11) is 0. The Labute approximate surface area is 81.5 Å². The molecule has 1 amide bonds. The minimum absolute atomic E-state index is 0.0233. The molecule has 6 heteroatoms. The fraction of sp³-hybridized carbons (Fsp3) is 0.250. The Morgan fingerprint density at radius 1 is 1.86 bits per heavy atom. The number of rotatable bonds is 1. The average Bonchev–Trinajstić information content (AvgIpc) is 2.47. The summed E-state index contributed by atoms with van der Waals surface area (Å²) >= 11 is 0. The zero-order chi connectivity index (χ0) is 10.7. The number of amides is 1. The number of aryl methyl sites for hydroxylation is 1. The van der Waals surface area contributed by atoms with Crippen LogP contribution in [0.2, 0.25) is 0 Å². The molecule has 4 N–H and O–H groups in total. The zero-order valence-corrected chi connectivity index (χ0v) is 7.77. The number of hydrazine groups is 1. The van der Waals surface area contributed by atoms with Gasteiger partial charge in [-0.1, -0.05) is 5.92 Å². The van der Waals surface area contributed by atoms with Gasteiger partial charge < -0.3 is 5.73 Å². The molecule has 0 aliphatic heterocycles. The van der Waals surface area contributed by atoms with Gasteiger partial charge in [-0.05, 0) is 6.92 Å². The van der Waals surface area contributed by atoms with Crippen molar-refractivity contribution in [3.05, 3.63) is 12.0 Å². The molecule has 0 saturated heterocycles. The molecule has 0 saturated carbocycles. The van der Waals surface area contributed by atoms with Crippen LogP contribution in [0.1, 0.15) is 5.69 Å². The summed E-state index contributed by atoms with van der Waals surface area (Å²) in [6.07, 6.45) is 6.32. The Bertz CT molecular complexity index is 389. The van der Waals surface area contributed by atoms with Crippen molar-refractivity contribution in [2.45, 2.75) is 6.92 Å². The molecule has 1 aromatic heterocycles. The van der Waals surface area contributed by atoms with Crippen molar-refractivity contribution in [1.82, 2.24) is 14.6 Å². The molecule has 0 aliphatic carbocycles. The lowest BCUT2D eigenvalue weighted by Gasteiger charge is -2.13. The largest absolute Gasteiger partial charge is 0.383 e. The molecule has 14 heavy (non-hydrogen) atoms. The summed E-state index contributed by atoms with van der Waals surface area (Å²) in [5.41, 5.74) is 6.16. The van der Waals surface area contributed by atoms with Crippen molar-refractivity contribution in [1.29, 1.82) is 0 Å². The van der Waals surface area contributed by atoms with E-state index in [0.717, 1.165) is 9.58 Å². The molecule has 0 bridgehead atoms. The van der Waals surface area contributed by atoms with Crippen molar-refractivity contribution in [2.75, 3.05) is 12.3 Å². The monoisotopic (exact) mass is 193 g/mol. The van der Waals surface area contributed by atoms with Gasteiger partial charge in [-0.15, -0.1) is 6.42 Å². The van der Waals surface area contributed by atoms with Crippen LogP contribution in [0.25, 0.3) is 0 Å². The van der Waals surface area contributed by atoms with Gasteiger partial charge >= 0.3 is 6.03 Å². The fourth-order valence-corrected chi connectivity index (χ4v) is 0.904. The van der Waals surface area contributed by atoms with Crippen molar-refractivity contribution in [2.24, 2.45) is 5.84 Å². The summed E-state index contributed by atoms with van der Waals surface area (Å²) in [5, 5.41) is 0.886. The number of aromatic nitrogens is 2. The third-order valence-electron chi connectivity index (χ3n) is 1.71. The van der Waals surface area contributed by atoms with Crippen LogP contribution in [-0.2, 0) is 0 Å². The first-order valence-electron chi connectivity index (χ1n) is 3.87. The van der Waals surface area contributed by atoms with Gasteiger partial charge in [0.1, 0.15) is 12.1 Å². The zero-order valence-electron chi connectivity index (χ0n) is 7.77. The summed E-state index contributed by atoms with van der Waals surface area (Å²) in [4.78, 5) is 15.4. The van der Waals surface area contributed by atoms with E-state index >= 15 is 0 Å². The van der Waals surface area contributed by atoms with Crippen LogP contribution in [0.15, 0.2) is 6.33 Å². The number of terminal acetylenes is 1. The van der Waals surface area contributed by atoms with Gasteiger partial charge in [0.2, 0.25) is 0 Å². The minimum atomic E-state index is -0.499. The number of nitrogens with two attached hydrogens (primary N) is 2. The summed E-state index contributed by atoms with van der Waals surface area (Å²) in [5.74, 6) is 7.89. The van der Waals surface area contributed by atoms with Crippen LogP contribution in [0, 0.1) is 19.3 Å². The lowest BCUT2D eigenvalue weighted by Crippen LogP contribution is -2.40. The lowest BCUT2D eigenvalue weighted by molar-refractivity contribution is 0.207. The van der Waals surface area contributed by atoms with E-state index in [0.29, 0.717) is 5.69 Å². The molecule has 1 aromatic rings. The second-order valence-corrected chi connectivity index (χ2v) is 2.70. The molecule has 0 atom stereocenters. The lowest BCUT2D eigenvalue weighted by atomic mass is 10.5. The van der Waals surface area contributed by atoms with E-state index in [2.05, 4.69) is 10.9 Å². The van der Waals surface area contributed by atoms with Crippen LogP contribution < -0.4 is 11.6 Å². The highest BCUT2D eigenvalue weighted by molar-refractivity contribution is 5.80. The molecule has 0 radical (unpaired) electrons. The van der Waals surface area contributed by atoms with Crippen molar-refractivity contribution < 1.29 is 4.79 Å². The number of anilines is 1. The van der Waals surface area contributed by atoms with Crippen LogP contribution in [-0.4, -0.2) is 27.1 Å². The van der Waals surface area contributed by atoms with E-state index in [1.165, 1.54) is 6.33 Å². The topological polar surface area (TPSA) is 90.2 Å². The predicted octanol–water partition coefficient (Wildman–Crippen LogP) is -0.449. The second kappa shape index (κ2) is 3.81. The Hall–Kier alpha value is -2.00. The summed E-state index contributed by atoms with van der Waals surface area (Å²) in [6, 6.07) is -0.499. The smallest absolute Gasteiger partial charge is 0.346 e. The molecule has 0 aliphatic rings. The van der Waals surface area contributed by atoms with E-state index in [1.54, 1.807) is 6.92 Å². The minimum Gasteiger partial charge on any atom is -0.383 e. The average molecular weight is 193 g/mol. The highest BCUT2D eigenvalue weighted by atomic mass is 16.2. The maximum Gasteiger partial charge on any atom is 0.346 e. The Kier molecular flexibility index (Phi) is 2.74. The standard InChI is InChI=1S/C8H11N5O/c1-3-4-13(10)8(14)12-5-11-6(2)7(12)9/h1,5H,4,9-10H2,2H3. The van der Waals surface area contributed by atoms with Gasteiger partial charge in [-0.3, -0.25) is 0 Å². The second-order valence-electron chi connectivity index (χ2n) is 2.70. The highest BCUT2D eigenvalue weighted by Gasteiger charge is 2.14. The summed E-state index contributed by atoms with van der Waals surface area (Å²) < 4.78 is 1.15. The van der Waals surface area contributed by atoms with Crippen LogP contribution in [0.4, 0.5) is 10.6 Å². The third-order valence-corrected chi connectivity index (χ3v) is 1.71. The van der Waals surface area contributed by atoms with Gasteiger partial charge in [-0.25, -0.2) is 25.2 Å². The number of carbonyl (C=O) groups is 1. The Morgan fingerprint density at radius 2 is 2.50 bits per heavy atom. The van der Waals surface area contributed by atoms with Crippen molar-refractivity contribution >= 4 is 11.8 Å². The first-order chi connectivity index (χ1) is 6.57. The molecule has 0 spiro atoms. The molecule has 0 fully saturated rings. The van der Waals surface area contributed by atoms with E-state index < -0.39 is 6.03 Å². The molecule has 0 aromatic carbocycles. The van der Waals surface area contributed by atoms with Crippen molar-refractivity contribution in [3.63, 3.8) is 0 Å².